The van der Waals surface area contributed by atoms with Crippen LogP contribution < -0.4 is 26.6 Å². The van der Waals surface area contributed by atoms with E-state index in [1.165, 1.54) is 44.7 Å². The molecule has 42 heavy (non-hydrogen) atoms. The van der Waals surface area contributed by atoms with Crippen LogP contribution in [-0.4, -0.2) is 110 Å². The molecule has 2 aromatic rings. The first-order chi connectivity index (χ1) is 20.5. The summed E-state index contributed by atoms with van der Waals surface area (Å²) in [5.41, 5.74) is 9.82. The van der Waals surface area contributed by atoms with Crippen LogP contribution in [0.4, 0.5) is 23.0 Å². The van der Waals surface area contributed by atoms with Crippen LogP contribution >= 0.6 is 0 Å². The van der Waals surface area contributed by atoms with Crippen molar-refractivity contribution in [1.29, 1.82) is 0 Å². The van der Waals surface area contributed by atoms with E-state index >= 15 is 0 Å². The van der Waals surface area contributed by atoms with Crippen LogP contribution in [0, 0.1) is 0 Å². The first-order valence-electron chi connectivity index (χ1n) is 15.5. The summed E-state index contributed by atoms with van der Waals surface area (Å²) in [6.45, 7) is 9.89. The number of benzene rings is 1. The number of rotatable bonds is 8. The summed E-state index contributed by atoms with van der Waals surface area (Å²) < 4.78 is 5.55. The van der Waals surface area contributed by atoms with Crippen molar-refractivity contribution < 1.29 is 9.53 Å². The summed E-state index contributed by atoms with van der Waals surface area (Å²) in [7, 11) is 2.21. The Morgan fingerprint density at radius 2 is 1.71 bits per heavy atom. The van der Waals surface area contributed by atoms with E-state index in [0.717, 1.165) is 69.9 Å². The number of primary amides is 1. The van der Waals surface area contributed by atoms with Crippen molar-refractivity contribution in [1.82, 2.24) is 25.1 Å². The molecule has 1 aromatic carbocycles. The smallest absolute Gasteiger partial charge is 0.271 e. The average Bonchev–Trinajstić information content (AvgIpc) is 3.03. The van der Waals surface area contributed by atoms with E-state index in [9.17, 15) is 4.79 Å². The zero-order valence-electron chi connectivity index (χ0n) is 24.8. The van der Waals surface area contributed by atoms with Crippen LogP contribution in [0.5, 0.6) is 0 Å². The molecule has 3 saturated heterocycles. The maximum Gasteiger partial charge on any atom is 0.271 e. The molecule has 11 heteroatoms. The van der Waals surface area contributed by atoms with E-state index in [2.05, 4.69) is 55.9 Å². The number of carbonyl (C=O) groups excluding carboxylic acids is 1. The van der Waals surface area contributed by atoms with E-state index in [0.29, 0.717) is 23.4 Å². The molecule has 0 radical (unpaired) electrons. The lowest BCUT2D eigenvalue weighted by Gasteiger charge is -2.42. The Morgan fingerprint density at radius 3 is 2.38 bits per heavy atom. The maximum absolute atomic E-state index is 12.6. The highest BCUT2D eigenvalue weighted by molar-refractivity contribution is 5.97. The monoisotopic (exact) mass is 575 g/mol. The van der Waals surface area contributed by atoms with Gasteiger partial charge >= 0.3 is 0 Å². The Bertz CT molecular complexity index is 1250. The zero-order chi connectivity index (χ0) is 28.9. The van der Waals surface area contributed by atoms with Gasteiger partial charge in [0.1, 0.15) is 5.69 Å². The second-order valence-corrected chi connectivity index (χ2v) is 11.9. The van der Waals surface area contributed by atoms with Gasteiger partial charge < -0.3 is 36.2 Å². The summed E-state index contributed by atoms with van der Waals surface area (Å²) >= 11 is 0. The summed E-state index contributed by atoms with van der Waals surface area (Å²) in [5.74, 6) is 0.455. The second-order valence-electron chi connectivity index (χ2n) is 11.9. The van der Waals surface area contributed by atoms with Crippen molar-refractivity contribution >= 4 is 34.5 Å². The molecule has 4 aliphatic heterocycles. The van der Waals surface area contributed by atoms with Gasteiger partial charge in [-0.1, -0.05) is 6.08 Å². The minimum absolute atomic E-state index is 0.150. The number of nitrogens with two attached hydrogens (primary N) is 1. The van der Waals surface area contributed by atoms with Crippen molar-refractivity contribution in [3.63, 3.8) is 0 Å². The quantitative estimate of drug-likeness (QED) is 0.373. The van der Waals surface area contributed by atoms with Crippen LogP contribution in [0.3, 0.4) is 0 Å². The van der Waals surface area contributed by atoms with Crippen LogP contribution in [-0.2, 0) is 4.74 Å². The lowest BCUT2D eigenvalue weighted by atomic mass is 10.0. The largest absolute Gasteiger partial charge is 0.381 e. The van der Waals surface area contributed by atoms with Gasteiger partial charge in [0.05, 0.1) is 0 Å². The molecule has 0 bridgehead atoms. The van der Waals surface area contributed by atoms with Crippen molar-refractivity contribution in [2.45, 2.75) is 44.2 Å². The first kappa shape index (κ1) is 28.9. The predicted molar refractivity (Wildman–Crippen MR) is 168 cm³/mol. The Morgan fingerprint density at radius 1 is 0.976 bits per heavy atom. The third-order valence-electron chi connectivity index (χ3n) is 9.07. The van der Waals surface area contributed by atoms with Gasteiger partial charge in [0.2, 0.25) is 0 Å². The number of amides is 1. The number of nitrogens with one attached hydrogen (secondary N) is 3. The molecule has 5 N–H and O–H groups in total. The fourth-order valence-corrected chi connectivity index (χ4v) is 6.46. The number of ether oxygens (including phenoxy) is 1. The summed E-state index contributed by atoms with van der Waals surface area (Å²) in [4.78, 5) is 29.9. The van der Waals surface area contributed by atoms with Gasteiger partial charge in [-0.3, -0.25) is 9.69 Å². The normalized spacial score (nSPS) is 21.6. The Hall–Kier alpha value is -3.25. The third-order valence-corrected chi connectivity index (χ3v) is 9.07. The molecule has 4 aliphatic rings. The number of nitrogens with zero attached hydrogens (tertiary/aromatic N) is 5. The lowest BCUT2D eigenvalue weighted by molar-refractivity contribution is 0.0904. The molecule has 0 spiro atoms. The van der Waals surface area contributed by atoms with E-state index in [-0.39, 0.29) is 11.7 Å². The maximum atomic E-state index is 12.6. The van der Waals surface area contributed by atoms with Crippen LogP contribution in [0.2, 0.25) is 0 Å². The molecule has 1 amide bonds. The molecule has 5 heterocycles. The average molecular weight is 576 g/mol. The number of piperazine rings is 1. The van der Waals surface area contributed by atoms with Crippen molar-refractivity contribution in [2.24, 2.45) is 5.73 Å². The highest BCUT2D eigenvalue weighted by Gasteiger charge is 2.27. The number of aromatic nitrogens is 2. The van der Waals surface area contributed by atoms with Crippen molar-refractivity contribution in [3.8, 4) is 0 Å². The molecular formula is C31H45N9O2. The van der Waals surface area contributed by atoms with E-state index in [4.69, 9.17) is 20.4 Å². The number of carbonyl (C=O) groups is 1. The molecule has 0 unspecified atom stereocenters. The van der Waals surface area contributed by atoms with Gasteiger partial charge in [-0.15, -0.1) is 0 Å². The summed E-state index contributed by atoms with van der Waals surface area (Å²) in [6.07, 6.45) is 7.13. The standard InChI is InChI=1S/C31H45N9O2/c1-38-16-18-40(19-17-38)26-8-14-39(15-9-26)25-4-2-23(3-5-25)34-31-28(29(32)41)36-27(22-6-12-33-13-7-22)30(37-31)35-24-10-20-42-21-11-24/h2-6,24,26,33H,7-21H2,1H3,(H2,32,41)(H2,34,35,37). The van der Waals surface area contributed by atoms with Gasteiger partial charge in [-0.2, -0.15) is 0 Å². The molecule has 0 atom stereocenters. The summed E-state index contributed by atoms with van der Waals surface area (Å²) in [6, 6.07) is 9.30. The Kier molecular flexibility index (Phi) is 9.18. The Labute approximate surface area is 248 Å². The number of likely N-dealkylation sites (N-methyl/N-ethyl adjacent to an activating group) is 1. The highest BCUT2D eigenvalue weighted by Crippen LogP contribution is 2.31. The first-order valence-corrected chi connectivity index (χ1v) is 15.5. The van der Waals surface area contributed by atoms with Gasteiger partial charge in [-0.05, 0) is 75.5 Å². The zero-order valence-corrected chi connectivity index (χ0v) is 24.8. The molecule has 0 saturated carbocycles. The van der Waals surface area contributed by atoms with Crippen molar-refractivity contribution in [3.05, 3.63) is 41.7 Å². The number of hydrogen-bond donors (Lipinski definition) is 4. The lowest BCUT2D eigenvalue weighted by Crippen LogP contribution is -2.52. The third kappa shape index (κ3) is 6.86. The fourth-order valence-electron chi connectivity index (χ4n) is 6.46. The van der Waals surface area contributed by atoms with Crippen LogP contribution in [0.25, 0.3) is 5.57 Å². The molecule has 0 aliphatic carbocycles. The molecule has 11 nitrogen and oxygen atoms in total. The second kappa shape index (κ2) is 13.4. The fraction of sp³-hybridized carbons (Fsp3) is 0.581. The van der Waals surface area contributed by atoms with E-state index in [1.807, 2.05) is 12.1 Å². The van der Waals surface area contributed by atoms with Gasteiger partial charge in [-0.25, -0.2) is 9.97 Å². The van der Waals surface area contributed by atoms with E-state index < -0.39 is 5.91 Å². The number of hydrogen-bond acceptors (Lipinski definition) is 10. The minimum atomic E-state index is -0.599. The van der Waals surface area contributed by atoms with Gasteiger partial charge in [0.25, 0.3) is 5.91 Å². The molecule has 226 valence electrons. The number of piperidine rings is 1. The molecule has 6 rings (SSSR count). The topological polar surface area (TPSA) is 124 Å². The predicted octanol–water partition coefficient (Wildman–Crippen LogP) is 2.50. The SMILES string of the molecule is CN1CCN(C2CCN(c3ccc(Nc4nc(NC5CCOCC5)c(C5=CCNCC5)nc4C(N)=O)cc3)CC2)CC1. The number of anilines is 4. The molecule has 1 aromatic heterocycles. The van der Waals surface area contributed by atoms with Crippen LogP contribution in [0.15, 0.2) is 30.3 Å². The minimum Gasteiger partial charge on any atom is -0.381 e. The molecule has 3 fully saturated rings. The van der Waals surface area contributed by atoms with E-state index in [1.54, 1.807) is 0 Å². The molecular weight excluding hydrogens is 530 g/mol. The van der Waals surface area contributed by atoms with Gasteiger partial charge in [0.15, 0.2) is 17.3 Å². The van der Waals surface area contributed by atoms with Crippen molar-refractivity contribution in [2.75, 3.05) is 88.2 Å². The Balaban J connectivity index is 1.17. The highest BCUT2D eigenvalue weighted by atomic mass is 16.5. The summed E-state index contributed by atoms with van der Waals surface area (Å²) in [5, 5.41) is 10.3. The van der Waals surface area contributed by atoms with Crippen LogP contribution in [0.1, 0.15) is 48.3 Å². The van der Waals surface area contributed by atoms with Gasteiger partial charge in [0, 0.05) is 82.5 Å².